The summed E-state index contributed by atoms with van der Waals surface area (Å²) in [4.78, 5) is 12.8. The van der Waals surface area contributed by atoms with Crippen LogP contribution in [0.15, 0.2) is 17.5 Å². The second-order valence-corrected chi connectivity index (χ2v) is 4.46. The van der Waals surface area contributed by atoms with Crippen LogP contribution in [0, 0.1) is 5.92 Å². The molecule has 14 heavy (non-hydrogen) atoms. The minimum absolute atomic E-state index is 0.122. The van der Waals surface area contributed by atoms with Gasteiger partial charge in [0.05, 0.1) is 0 Å². The standard InChI is InChI=1S/C11H17NOS/c1-3-12-8-9(2)11(13)7-10-5-4-6-14-10/h4-6,9,12H,3,7-8H2,1-2H3. The van der Waals surface area contributed by atoms with Gasteiger partial charge in [0, 0.05) is 23.8 Å². The van der Waals surface area contributed by atoms with E-state index >= 15 is 0 Å². The van der Waals surface area contributed by atoms with Crippen LogP contribution in [-0.2, 0) is 11.2 Å². The number of Topliss-reactive ketones (excluding diaryl/α,β-unsaturated/α-hetero) is 1. The minimum atomic E-state index is 0.122. The number of rotatable bonds is 6. The first-order chi connectivity index (χ1) is 6.74. The van der Waals surface area contributed by atoms with Crippen LogP contribution < -0.4 is 5.32 Å². The number of hydrogen-bond acceptors (Lipinski definition) is 3. The average molecular weight is 211 g/mol. The summed E-state index contributed by atoms with van der Waals surface area (Å²) in [6.07, 6.45) is 0.588. The van der Waals surface area contributed by atoms with Gasteiger partial charge in [0.1, 0.15) is 5.78 Å². The molecule has 0 amide bonds. The van der Waals surface area contributed by atoms with Crippen molar-refractivity contribution < 1.29 is 4.79 Å². The highest BCUT2D eigenvalue weighted by molar-refractivity contribution is 7.10. The Morgan fingerprint density at radius 1 is 1.64 bits per heavy atom. The molecule has 1 rings (SSSR count). The molecule has 2 nitrogen and oxygen atoms in total. The lowest BCUT2D eigenvalue weighted by molar-refractivity contribution is -0.121. The molecule has 0 saturated carbocycles. The van der Waals surface area contributed by atoms with Gasteiger partial charge in [0.2, 0.25) is 0 Å². The van der Waals surface area contributed by atoms with Crippen LogP contribution in [0.3, 0.4) is 0 Å². The van der Waals surface area contributed by atoms with E-state index in [9.17, 15) is 4.79 Å². The second kappa shape index (κ2) is 5.94. The van der Waals surface area contributed by atoms with Crippen LogP contribution in [0.4, 0.5) is 0 Å². The van der Waals surface area contributed by atoms with E-state index in [-0.39, 0.29) is 5.92 Å². The molecule has 0 fully saturated rings. The molecule has 0 aromatic carbocycles. The number of ketones is 1. The Kier molecular flexibility index (Phi) is 4.84. The molecule has 3 heteroatoms. The Morgan fingerprint density at radius 2 is 2.43 bits per heavy atom. The van der Waals surface area contributed by atoms with Crippen LogP contribution in [0.2, 0.25) is 0 Å². The molecule has 1 heterocycles. The van der Waals surface area contributed by atoms with Gasteiger partial charge >= 0.3 is 0 Å². The fourth-order valence-electron chi connectivity index (χ4n) is 1.23. The third kappa shape index (κ3) is 3.60. The summed E-state index contributed by atoms with van der Waals surface area (Å²) in [5, 5.41) is 5.20. The van der Waals surface area contributed by atoms with Crippen molar-refractivity contribution in [1.82, 2.24) is 5.32 Å². The molecular formula is C11H17NOS. The monoisotopic (exact) mass is 211 g/mol. The smallest absolute Gasteiger partial charge is 0.142 e. The maximum absolute atomic E-state index is 11.7. The molecule has 1 aromatic rings. The maximum atomic E-state index is 11.7. The van der Waals surface area contributed by atoms with Crippen molar-refractivity contribution in [3.05, 3.63) is 22.4 Å². The van der Waals surface area contributed by atoms with Gasteiger partial charge in [0.15, 0.2) is 0 Å². The number of carbonyl (C=O) groups excluding carboxylic acids is 1. The molecule has 0 saturated heterocycles. The molecule has 0 aliphatic heterocycles. The molecular weight excluding hydrogens is 194 g/mol. The van der Waals surface area contributed by atoms with Crippen LogP contribution in [0.25, 0.3) is 0 Å². The van der Waals surface area contributed by atoms with Gasteiger partial charge in [-0.05, 0) is 18.0 Å². The Hall–Kier alpha value is -0.670. The molecule has 1 unspecified atom stereocenters. The molecule has 1 N–H and O–H groups in total. The average Bonchev–Trinajstić information content (AvgIpc) is 2.66. The van der Waals surface area contributed by atoms with Gasteiger partial charge in [-0.2, -0.15) is 0 Å². The van der Waals surface area contributed by atoms with Crippen molar-refractivity contribution in [2.75, 3.05) is 13.1 Å². The summed E-state index contributed by atoms with van der Waals surface area (Å²) in [5.74, 6) is 0.449. The number of carbonyl (C=O) groups is 1. The second-order valence-electron chi connectivity index (χ2n) is 3.43. The van der Waals surface area contributed by atoms with Crippen molar-refractivity contribution in [2.24, 2.45) is 5.92 Å². The topological polar surface area (TPSA) is 29.1 Å². The minimum Gasteiger partial charge on any atom is -0.316 e. The molecule has 1 aromatic heterocycles. The fourth-order valence-corrected chi connectivity index (χ4v) is 1.95. The van der Waals surface area contributed by atoms with E-state index in [1.54, 1.807) is 11.3 Å². The molecule has 1 atom stereocenters. The summed E-state index contributed by atoms with van der Waals surface area (Å²) in [6, 6.07) is 4.00. The van der Waals surface area contributed by atoms with Crippen LogP contribution in [-0.4, -0.2) is 18.9 Å². The van der Waals surface area contributed by atoms with Crippen molar-refractivity contribution >= 4 is 17.1 Å². The Bertz CT molecular complexity index is 269. The third-order valence-corrected chi connectivity index (χ3v) is 3.06. The molecule has 0 aliphatic carbocycles. The number of hydrogen-bond donors (Lipinski definition) is 1. The van der Waals surface area contributed by atoms with Crippen molar-refractivity contribution in [3.8, 4) is 0 Å². The normalized spacial score (nSPS) is 12.7. The summed E-state index contributed by atoms with van der Waals surface area (Å²) < 4.78 is 0. The zero-order valence-electron chi connectivity index (χ0n) is 8.75. The molecule has 0 aliphatic rings. The van der Waals surface area contributed by atoms with Crippen molar-refractivity contribution in [2.45, 2.75) is 20.3 Å². The highest BCUT2D eigenvalue weighted by Gasteiger charge is 2.12. The lowest BCUT2D eigenvalue weighted by atomic mass is 10.0. The van der Waals surface area contributed by atoms with Crippen molar-refractivity contribution in [3.63, 3.8) is 0 Å². The van der Waals surface area contributed by atoms with E-state index in [1.165, 1.54) is 4.88 Å². The maximum Gasteiger partial charge on any atom is 0.142 e. The summed E-state index contributed by atoms with van der Waals surface area (Å²) in [6.45, 7) is 5.76. The van der Waals surface area contributed by atoms with Crippen LogP contribution >= 0.6 is 11.3 Å². The van der Waals surface area contributed by atoms with E-state index in [2.05, 4.69) is 12.2 Å². The fraction of sp³-hybridized carbons (Fsp3) is 0.545. The Morgan fingerprint density at radius 3 is 3.00 bits per heavy atom. The van der Waals surface area contributed by atoms with E-state index in [0.717, 1.165) is 13.1 Å². The lowest BCUT2D eigenvalue weighted by Gasteiger charge is -2.09. The van der Waals surface area contributed by atoms with Gasteiger partial charge in [-0.1, -0.05) is 19.9 Å². The zero-order valence-corrected chi connectivity index (χ0v) is 9.56. The Labute approximate surface area is 89.3 Å². The first-order valence-corrected chi connectivity index (χ1v) is 5.87. The van der Waals surface area contributed by atoms with Gasteiger partial charge < -0.3 is 5.32 Å². The zero-order chi connectivity index (χ0) is 10.4. The summed E-state index contributed by atoms with van der Waals surface area (Å²) in [7, 11) is 0. The van der Waals surface area contributed by atoms with Gasteiger partial charge in [-0.25, -0.2) is 0 Å². The quantitative estimate of drug-likeness (QED) is 0.781. The lowest BCUT2D eigenvalue weighted by Crippen LogP contribution is -2.27. The predicted octanol–water partition coefficient (Wildman–Crippen LogP) is 2.11. The van der Waals surface area contributed by atoms with Gasteiger partial charge in [-0.3, -0.25) is 4.79 Å². The highest BCUT2D eigenvalue weighted by Crippen LogP contribution is 2.11. The van der Waals surface area contributed by atoms with E-state index in [0.29, 0.717) is 12.2 Å². The van der Waals surface area contributed by atoms with Gasteiger partial charge in [0.25, 0.3) is 0 Å². The molecule has 0 bridgehead atoms. The largest absolute Gasteiger partial charge is 0.316 e. The Balaban J connectivity index is 2.34. The van der Waals surface area contributed by atoms with E-state index < -0.39 is 0 Å². The SMILES string of the molecule is CCNCC(C)C(=O)Cc1cccs1. The molecule has 78 valence electrons. The number of thiophene rings is 1. The van der Waals surface area contributed by atoms with Crippen LogP contribution in [0.5, 0.6) is 0 Å². The number of nitrogens with one attached hydrogen (secondary N) is 1. The third-order valence-electron chi connectivity index (χ3n) is 2.18. The van der Waals surface area contributed by atoms with Crippen LogP contribution in [0.1, 0.15) is 18.7 Å². The van der Waals surface area contributed by atoms with Gasteiger partial charge in [-0.15, -0.1) is 11.3 Å². The van der Waals surface area contributed by atoms with Crippen molar-refractivity contribution in [1.29, 1.82) is 0 Å². The molecule has 0 spiro atoms. The summed E-state index contributed by atoms with van der Waals surface area (Å²) in [5.41, 5.74) is 0. The van der Waals surface area contributed by atoms with E-state index in [1.807, 2.05) is 24.4 Å². The first-order valence-electron chi connectivity index (χ1n) is 4.99. The first kappa shape index (κ1) is 11.4. The highest BCUT2D eigenvalue weighted by atomic mass is 32.1. The summed E-state index contributed by atoms with van der Waals surface area (Å²) >= 11 is 1.65. The van der Waals surface area contributed by atoms with E-state index in [4.69, 9.17) is 0 Å². The predicted molar refractivity (Wildman–Crippen MR) is 60.7 cm³/mol. The molecule has 0 radical (unpaired) electrons.